The first-order valence-corrected chi connectivity index (χ1v) is 18.4. The number of hydrogen-bond donors (Lipinski definition) is 1. The van der Waals surface area contributed by atoms with E-state index in [0.29, 0.717) is 18.8 Å². The maximum atomic E-state index is 13.3. The summed E-state index contributed by atoms with van der Waals surface area (Å²) in [6.07, 6.45) is 1.48. The van der Waals surface area contributed by atoms with Gasteiger partial charge in [-0.25, -0.2) is 0 Å². The molecule has 2 fully saturated rings. The van der Waals surface area contributed by atoms with E-state index in [-0.39, 0.29) is 22.5 Å². The topological polar surface area (TPSA) is 51.6 Å². The van der Waals surface area contributed by atoms with Crippen molar-refractivity contribution in [2.75, 3.05) is 13.2 Å². The van der Waals surface area contributed by atoms with E-state index in [2.05, 4.69) is 56.5 Å². The van der Waals surface area contributed by atoms with Crippen molar-refractivity contribution in [1.82, 2.24) is 4.98 Å². The summed E-state index contributed by atoms with van der Waals surface area (Å²) in [6.45, 7) is 12.6. The molecule has 2 atom stereocenters. The van der Waals surface area contributed by atoms with Crippen LogP contribution in [0.3, 0.4) is 0 Å². The van der Waals surface area contributed by atoms with Gasteiger partial charge in [0, 0.05) is 39.5 Å². The Morgan fingerprint density at radius 3 is 2.25 bits per heavy atom. The van der Waals surface area contributed by atoms with Crippen molar-refractivity contribution in [3.63, 3.8) is 0 Å². The SMILES string of the molecule is CC(C)(C)[Si](C)(C)O[C@H]1CC2(CCC2)Cc2nc(C3CCOCC3)c(C(O)c3ccc(C(F)(F)F)cc3)c(I)c21. The first kappa shape index (κ1) is 30.4. The van der Waals surface area contributed by atoms with Crippen LogP contribution in [0.15, 0.2) is 24.3 Å². The lowest BCUT2D eigenvalue weighted by Gasteiger charge is -2.50. The summed E-state index contributed by atoms with van der Waals surface area (Å²) < 4.78 is 53.5. The molecule has 1 aliphatic heterocycles. The number of aromatic nitrogens is 1. The molecule has 0 amide bonds. The number of halogens is 4. The van der Waals surface area contributed by atoms with Gasteiger partial charge in [-0.2, -0.15) is 13.2 Å². The second-order valence-electron chi connectivity index (χ2n) is 13.6. The van der Waals surface area contributed by atoms with E-state index in [0.717, 1.165) is 63.9 Å². The van der Waals surface area contributed by atoms with Crippen LogP contribution in [-0.2, 0) is 21.8 Å². The average molecular weight is 688 g/mol. The lowest BCUT2D eigenvalue weighted by atomic mass is 9.59. The molecule has 3 aliphatic rings. The van der Waals surface area contributed by atoms with Crippen LogP contribution in [0.2, 0.25) is 18.1 Å². The van der Waals surface area contributed by atoms with E-state index in [1.54, 1.807) is 0 Å². The first-order chi connectivity index (χ1) is 18.6. The molecule has 2 aromatic rings. The van der Waals surface area contributed by atoms with Crippen LogP contribution < -0.4 is 0 Å². The van der Waals surface area contributed by atoms with Gasteiger partial charge in [0.1, 0.15) is 6.10 Å². The fourth-order valence-electron chi connectivity index (χ4n) is 6.29. The largest absolute Gasteiger partial charge is 0.416 e. The lowest BCUT2D eigenvalue weighted by Crippen LogP contribution is -2.46. The maximum Gasteiger partial charge on any atom is 0.416 e. The summed E-state index contributed by atoms with van der Waals surface area (Å²) in [6, 6.07) is 4.89. The molecule has 1 saturated carbocycles. The van der Waals surface area contributed by atoms with Crippen molar-refractivity contribution in [2.24, 2.45) is 5.41 Å². The van der Waals surface area contributed by atoms with Crippen molar-refractivity contribution in [3.8, 4) is 0 Å². The maximum absolute atomic E-state index is 13.3. The first-order valence-electron chi connectivity index (χ1n) is 14.4. The van der Waals surface area contributed by atoms with Crippen LogP contribution in [0.25, 0.3) is 0 Å². The van der Waals surface area contributed by atoms with Crippen LogP contribution in [0, 0.1) is 8.99 Å². The molecular weight excluding hydrogens is 646 g/mol. The smallest absolute Gasteiger partial charge is 0.410 e. The van der Waals surface area contributed by atoms with Crippen LogP contribution in [-0.4, -0.2) is 31.6 Å². The van der Waals surface area contributed by atoms with Crippen LogP contribution in [0.4, 0.5) is 13.2 Å². The summed E-state index contributed by atoms with van der Waals surface area (Å²) in [5.41, 5.74) is 3.70. The number of rotatable bonds is 5. The summed E-state index contributed by atoms with van der Waals surface area (Å²) >= 11 is 2.36. The third-order valence-electron chi connectivity index (χ3n) is 9.89. The Labute approximate surface area is 250 Å². The summed E-state index contributed by atoms with van der Waals surface area (Å²) in [4.78, 5) is 5.36. The van der Waals surface area contributed by atoms with Crippen LogP contribution in [0.1, 0.15) is 111 Å². The van der Waals surface area contributed by atoms with E-state index in [4.69, 9.17) is 14.1 Å². The number of nitrogens with zero attached hydrogens (tertiary/aromatic N) is 1. The summed E-state index contributed by atoms with van der Waals surface area (Å²) in [5.74, 6) is 0.130. The Balaban J connectivity index is 1.64. The zero-order valence-corrected chi connectivity index (χ0v) is 27.3. The molecule has 0 bridgehead atoms. The minimum Gasteiger partial charge on any atom is -0.410 e. The predicted molar refractivity (Wildman–Crippen MR) is 161 cm³/mol. The molecule has 4 nitrogen and oxygen atoms in total. The molecule has 0 radical (unpaired) electrons. The third kappa shape index (κ3) is 5.79. The second kappa shape index (κ2) is 10.9. The Morgan fingerprint density at radius 1 is 1.10 bits per heavy atom. The van der Waals surface area contributed by atoms with E-state index in [1.165, 1.54) is 31.4 Å². The fraction of sp³-hybridized carbons (Fsp3) is 0.645. The molecule has 40 heavy (non-hydrogen) atoms. The number of pyridine rings is 1. The highest BCUT2D eigenvalue weighted by Crippen LogP contribution is 2.57. The highest BCUT2D eigenvalue weighted by atomic mass is 127. The molecule has 1 N–H and O–H groups in total. The van der Waals surface area contributed by atoms with Crippen molar-refractivity contribution in [1.29, 1.82) is 0 Å². The molecule has 2 heterocycles. The second-order valence-corrected chi connectivity index (χ2v) is 19.4. The number of aliphatic hydroxyl groups excluding tert-OH is 1. The van der Waals surface area contributed by atoms with E-state index >= 15 is 0 Å². The number of aliphatic hydroxyl groups is 1. The highest BCUT2D eigenvalue weighted by Gasteiger charge is 2.49. The molecule has 1 saturated heterocycles. The van der Waals surface area contributed by atoms with Gasteiger partial charge in [-0.1, -0.05) is 39.3 Å². The van der Waals surface area contributed by atoms with Crippen molar-refractivity contribution in [2.45, 2.75) is 108 Å². The Morgan fingerprint density at radius 2 is 1.73 bits per heavy atom. The zero-order chi connectivity index (χ0) is 29.1. The van der Waals surface area contributed by atoms with E-state index in [9.17, 15) is 18.3 Å². The summed E-state index contributed by atoms with van der Waals surface area (Å²) in [7, 11) is -2.13. The number of benzene rings is 1. The average Bonchev–Trinajstić information content (AvgIpc) is 2.86. The van der Waals surface area contributed by atoms with Gasteiger partial charge in [0.05, 0.1) is 17.4 Å². The van der Waals surface area contributed by atoms with Gasteiger partial charge in [-0.3, -0.25) is 4.98 Å². The fourth-order valence-corrected chi connectivity index (χ4v) is 8.78. The third-order valence-corrected chi connectivity index (χ3v) is 15.5. The van der Waals surface area contributed by atoms with Crippen LogP contribution in [0.5, 0.6) is 0 Å². The minimum absolute atomic E-state index is 0.0425. The molecule has 1 unspecified atom stereocenters. The molecule has 1 spiro atoms. The summed E-state index contributed by atoms with van der Waals surface area (Å²) in [5, 5.41) is 11.8. The molecule has 2 aliphatic carbocycles. The van der Waals surface area contributed by atoms with Crippen molar-refractivity contribution >= 4 is 30.9 Å². The van der Waals surface area contributed by atoms with Gasteiger partial charge in [0.25, 0.3) is 0 Å². The minimum atomic E-state index is -4.43. The lowest BCUT2D eigenvalue weighted by molar-refractivity contribution is -0.137. The van der Waals surface area contributed by atoms with Crippen LogP contribution >= 0.6 is 22.6 Å². The molecule has 220 valence electrons. The van der Waals surface area contributed by atoms with Gasteiger partial charge < -0.3 is 14.3 Å². The molecule has 9 heteroatoms. The Kier molecular flexibility index (Phi) is 8.31. The molecular formula is C31H41F3INO3Si. The van der Waals surface area contributed by atoms with Gasteiger partial charge in [0.15, 0.2) is 8.32 Å². The van der Waals surface area contributed by atoms with Crippen molar-refractivity contribution in [3.05, 3.63) is 61.5 Å². The van der Waals surface area contributed by atoms with E-state index in [1.807, 2.05) is 0 Å². The zero-order valence-electron chi connectivity index (χ0n) is 24.1. The molecule has 1 aromatic carbocycles. The Bertz CT molecular complexity index is 1230. The number of alkyl halides is 3. The standard InChI is InChI=1S/C31H41F3INO3Si/c1-29(2,3)40(4,5)39-23-18-30(13-6-14-30)17-22-24(23)26(35)25(27(36-22)19-11-15-38-16-12-19)28(37)20-7-9-21(10-8-20)31(32,33)34/h7-10,19,23,28,37H,6,11-18H2,1-5H3/t23-,28?/m0/s1. The van der Waals surface area contributed by atoms with Gasteiger partial charge in [-0.05, 0) is 102 Å². The van der Waals surface area contributed by atoms with E-state index < -0.39 is 26.2 Å². The normalized spacial score (nSPS) is 22.6. The molecule has 1 aromatic heterocycles. The van der Waals surface area contributed by atoms with Gasteiger partial charge in [-0.15, -0.1) is 0 Å². The quantitative estimate of drug-likeness (QED) is 0.252. The molecule has 5 rings (SSSR count). The number of ether oxygens (including phenoxy) is 1. The monoisotopic (exact) mass is 687 g/mol. The number of fused-ring (bicyclic) bond motifs is 1. The van der Waals surface area contributed by atoms with Crippen molar-refractivity contribution < 1.29 is 27.4 Å². The van der Waals surface area contributed by atoms with Gasteiger partial charge >= 0.3 is 6.18 Å². The van der Waals surface area contributed by atoms with Gasteiger partial charge in [0.2, 0.25) is 0 Å². The highest BCUT2D eigenvalue weighted by molar-refractivity contribution is 14.1. The Hall–Kier alpha value is -1.01. The number of hydrogen-bond acceptors (Lipinski definition) is 4. The predicted octanol–water partition coefficient (Wildman–Crippen LogP) is 8.86.